The van der Waals surface area contributed by atoms with E-state index in [1.54, 1.807) is 10.7 Å². The smallest absolute Gasteiger partial charge is 0.209 e. The van der Waals surface area contributed by atoms with Crippen LogP contribution in [0.4, 0.5) is 0 Å². The molecule has 1 aromatic rings. The summed E-state index contributed by atoms with van der Waals surface area (Å²) >= 11 is 0. The normalized spacial score (nSPS) is 11.5. The lowest BCUT2D eigenvalue weighted by Crippen LogP contribution is -2.03. The summed E-state index contributed by atoms with van der Waals surface area (Å²) < 4.78 is 1.65. The van der Waals surface area contributed by atoms with E-state index in [1.165, 1.54) is 0 Å². The molecule has 3 heteroatoms. The summed E-state index contributed by atoms with van der Waals surface area (Å²) in [6, 6.07) is 1.97. The lowest BCUT2D eigenvalue weighted by atomic mass is 10.1. The molecule has 74 valence electrons. The molecule has 1 heterocycles. The minimum absolute atomic E-state index is 0.223. The molecule has 0 spiro atoms. The maximum Gasteiger partial charge on any atom is 0.209 e. The second-order valence-corrected chi connectivity index (χ2v) is 4.13. The lowest BCUT2D eigenvalue weighted by molar-refractivity contribution is 0.376. The molecule has 0 aromatic carbocycles. The summed E-state index contributed by atoms with van der Waals surface area (Å²) in [5, 5.41) is 13.8. The van der Waals surface area contributed by atoms with Gasteiger partial charge in [0.2, 0.25) is 5.88 Å². The summed E-state index contributed by atoms with van der Waals surface area (Å²) in [5.74, 6) is 0.848. The first-order valence-corrected chi connectivity index (χ1v) is 4.78. The molecule has 0 fully saturated rings. The fraction of sp³-hybridized carbons (Fsp3) is 0.700. The molecule has 0 saturated carbocycles. The van der Waals surface area contributed by atoms with Crippen LogP contribution in [-0.4, -0.2) is 14.9 Å². The van der Waals surface area contributed by atoms with Crippen molar-refractivity contribution in [1.82, 2.24) is 9.78 Å². The number of rotatable bonds is 3. The quantitative estimate of drug-likeness (QED) is 0.779. The summed E-state index contributed by atoms with van der Waals surface area (Å²) in [7, 11) is 0. The van der Waals surface area contributed by atoms with Gasteiger partial charge in [-0.1, -0.05) is 13.8 Å². The first-order valence-electron chi connectivity index (χ1n) is 4.78. The fourth-order valence-corrected chi connectivity index (χ4v) is 1.33. The zero-order valence-electron chi connectivity index (χ0n) is 8.78. The Bertz CT molecular complexity index is 276. The van der Waals surface area contributed by atoms with Gasteiger partial charge in [0.05, 0.1) is 11.7 Å². The first-order chi connectivity index (χ1) is 6.00. The summed E-state index contributed by atoms with van der Waals surface area (Å²) in [4.78, 5) is 0. The molecule has 13 heavy (non-hydrogen) atoms. The third-order valence-corrected chi connectivity index (χ3v) is 1.87. The maximum absolute atomic E-state index is 9.52. The average Bonchev–Trinajstić information content (AvgIpc) is 2.29. The number of hydrogen-bond donors (Lipinski definition) is 1. The van der Waals surface area contributed by atoms with Gasteiger partial charge in [-0.05, 0) is 26.2 Å². The van der Waals surface area contributed by atoms with Crippen LogP contribution in [-0.2, 0) is 6.42 Å². The minimum Gasteiger partial charge on any atom is -0.493 e. The van der Waals surface area contributed by atoms with Gasteiger partial charge in [0.15, 0.2) is 0 Å². The van der Waals surface area contributed by atoms with Crippen molar-refractivity contribution >= 4 is 0 Å². The number of nitrogens with zero attached hydrogens (tertiary/aromatic N) is 2. The maximum atomic E-state index is 9.52. The Balaban J connectivity index is 2.82. The molecule has 0 bridgehead atoms. The van der Waals surface area contributed by atoms with Gasteiger partial charge < -0.3 is 5.11 Å². The second-order valence-electron chi connectivity index (χ2n) is 4.13. The average molecular weight is 182 g/mol. The largest absolute Gasteiger partial charge is 0.493 e. The van der Waals surface area contributed by atoms with Crippen molar-refractivity contribution < 1.29 is 5.11 Å². The molecule has 1 rings (SSSR count). The number of aromatic hydroxyl groups is 1. The van der Waals surface area contributed by atoms with E-state index in [0.29, 0.717) is 5.92 Å². The fourth-order valence-electron chi connectivity index (χ4n) is 1.33. The Labute approximate surface area is 79.4 Å². The molecule has 0 amide bonds. The molecule has 0 aliphatic rings. The highest BCUT2D eigenvalue weighted by molar-refractivity contribution is 5.15. The zero-order chi connectivity index (χ0) is 10.0. The van der Waals surface area contributed by atoms with Crippen LogP contribution in [0, 0.1) is 5.92 Å². The predicted molar refractivity (Wildman–Crippen MR) is 52.8 cm³/mol. The second kappa shape index (κ2) is 3.81. The third kappa shape index (κ3) is 2.47. The van der Waals surface area contributed by atoms with Gasteiger partial charge in [-0.2, -0.15) is 5.10 Å². The van der Waals surface area contributed by atoms with Crippen molar-refractivity contribution in [3.8, 4) is 5.88 Å². The van der Waals surface area contributed by atoms with Crippen LogP contribution in [0.25, 0.3) is 0 Å². The van der Waals surface area contributed by atoms with Crippen molar-refractivity contribution in [2.75, 3.05) is 0 Å². The molecule has 1 N–H and O–H groups in total. The van der Waals surface area contributed by atoms with Gasteiger partial charge in [-0.25, -0.2) is 4.68 Å². The molecule has 3 nitrogen and oxygen atoms in total. The van der Waals surface area contributed by atoms with Crippen LogP contribution in [0.3, 0.4) is 0 Å². The van der Waals surface area contributed by atoms with E-state index in [9.17, 15) is 5.11 Å². The standard InChI is InChI=1S/C10H18N2O/c1-7(2)5-9-6-10(13)12(11-9)8(3)4/h6-8,13H,5H2,1-4H3. The molecule has 0 aliphatic heterocycles. The Morgan fingerprint density at radius 2 is 2.00 bits per heavy atom. The van der Waals surface area contributed by atoms with E-state index in [1.807, 2.05) is 13.8 Å². The van der Waals surface area contributed by atoms with E-state index < -0.39 is 0 Å². The van der Waals surface area contributed by atoms with Gasteiger partial charge in [0.25, 0.3) is 0 Å². The van der Waals surface area contributed by atoms with Gasteiger partial charge in [0.1, 0.15) is 0 Å². The molecule has 1 aromatic heterocycles. The third-order valence-electron chi connectivity index (χ3n) is 1.87. The molecule has 0 unspecified atom stereocenters. The summed E-state index contributed by atoms with van der Waals surface area (Å²) in [5.41, 5.74) is 0.973. The highest BCUT2D eigenvalue weighted by Crippen LogP contribution is 2.18. The molecular weight excluding hydrogens is 164 g/mol. The highest BCUT2D eigenvalue weighted by Gasteiger charge is 2.09. The molecule has 0 saturated heterocycles. The Hall–Kier alpha value is -0.990. The van der Waals surface area contributed by atoms with Gasteiger partial charge in [-0.3, -0.25) is 0 Å². The molecule has 0 aliphatic carbocycles. The van der Waals surface area contributed by atoms with Crippen LogP contribution in [0.5, 0.6) is 5.88 Å². The Morgan fingerprint density at radius 1 is 1.38 bits per heavy atom. The van der Waals surface area contributed by atoms with E-state index in [-0.39, 0.29) is 11.9 Å². The number of hydrogen-bond acceptors (Lipinski definition) is 2. The summed E-state index contributed by atoms with van der Waals surface area (Å²) in [6.07, 6.45) is 0.924. The van der Waals surface area contributed by atoms with Gasteiger partial charge >= 0.3 is 0 Å². The van der Waals surface area contributed by atoms with Crippen LogP contribution in [0.2, 0.25) is 0 Å². The zero-order valence-corrected chi connectivity index (χ0v) is 8.78. The Morgan fingerprint density at radius 3 is 2.38 bits per heavy atom. The molecule has 0 atom stereocenters. The van der Waals surface area contributed by atoms with Crippen molar-refractivity contribution in [1.29, 1.82) is 0 Å². The van der Waals surface area contributed by atoms with Crippen molar-refractivity contribution in [2.24, 2.45) is 5.92 Å². The SMILES string of the molecule is CC(C)Cc1cc(O)n(C(C)C)n1. The van der Waals surface area contributed by atoms with E-state index >= 15 is 0 Å². The van der Waals surface area contributed by atoms with Crippen LogP contribution < -0.4 is 0 Å². The van der Waals surface area contributed by atoms with Crippen LogP contribution in [0.15, 0.2) is 6.07 Å². The first kappa shape index (κ1) is 10.1. The topological polar surface area (TPSA) is 38.0 Å². The van der Waals surface area contributed by atoms with Crippen molar-refractivity contribution in [3.05, 3.63) is 11.8 Å². The Kier molecular flexibility index (Phi) is 2.96. The summed E-state index contributed by atoms with van der Waals surface area (Å²) in [6.45, 7) is 8.30. The van der Waals surface area contributed by atoms with Crippen molar-refractivity contribution in [2.45, 2.75) is 40.2 Å². The monoisotopic (exact) mass is 182 g/mol. The lowest BCUT2D eigenvalue weighted by Gasteiger charge is -2.05. The van der Waals surface area contributed by atoms with E-state index in [0.717, 1.165) is 12.1 Å². The van der Waals surface area contributed by atoms with Crippen LogP contribution >= 0.6 is 0 Å². The van der Waals surface area contributed by atoms with E-state index in [4.69, 9.17) is 0 Å². The molecule has 0 radical (unpaired) electrons. The minimum atomic E-state index is 0.223. The number of aromatic nitrogens is 2. The van der Waals surface area contributed by atoms with Crippen molar-refractivity contribution in [3.63, 3.8) is 0 Å². The van der Waals surface area contributed by atoms with Crippen LogP contribution in [0.1, 0.15) is 39.4 Å². The van der Waals surface area contributed by atoms with Gasteiger partial charge in [-0.15, -0.1) is 0 Å². The van der Waals surface area contributed by atoms with Gasteiger partial charge in [0, 0.05) is 6.07 Å². The predicted octanol–water partition coefficient (Wildman–Crippen LogP) is 2.37. The van der Waals surface area contributed by atoms with E-state index in [2.05, 4.69) is 18.9 Å². The molecular formula is C10H18N2O. The highest BCUT2D eigenvalue weighted by atomic mass is 16.3.